The molecule has 3 aromatic rings. The minimum absolute atomic E-state index is 0.200. The van der Waals surface area contributed by atoms with Gasteiger partial charge < -0.3 is 0 Å². The maximum absolute atomic E-state index is 13.3. The van der Waals surface area contributed by atoms with Crippen molar-refractivity contribution >= 4 is 38.9 Å². The van der Waals surface area contributed by atoms with Gasteiger partial charge >= 0.3 is 0 Å². The zero-order valence-electron chi connectivity index (χ0n) is 14.6. The van der Waals surface area contributed by atoms with Gasteiger partial charge in [-0.1, -0.05) is 54.7 Å². The summed E-state index contributed by atoms with van der Waals surface area (Å²) < 4.78 is 29.4. The molecule has 1 aromatic carbocycles. The molecule has 142 valence electrons. The van der Waals surface area contributed by atoms with Crippen LogP contribution in [0.25, 0.3) is 5.82 Å². The highest BCUT2D eigenvalue weighted by Gasteiger charge is 2.28. The lowest BCUT2D eigenvalue weighted by Gasteiger charge is -2.26. The van der Waals surface area contributed by atoms with Crippen LogP contribution in [0, 0.1) is 0 Å². The second kappa shape index (κ2) is 8.29. The molecule has 0 saturated heterocycles. The van der Waals surface area contributed by atoms with Gasteiger partial charge in [0.05, 0.1) is 33.0 Å². The maximum atomic E-state index is 13.3. The van der Waals surface area contributed by atoms with Gasteiger partial charge in [0.1, 0.15) is 0 Å². The lowest BCUT2D eigenvalue weighted by Crippen LogP contribution is -2.33. The number of unbranched alkanes of at least 4 members (excludes halogenated alkanes) is 1. The van der Waals surface area contributed by atoms with Crippen LogP contribution in [0.5, 0.6) is 0 Å². The Bertz CT molecular complexity index is 1020. The van der Waals surface area contributed by atoms with E-state index < -0.39 is 10.0 Å². The number of aromatic nitrogens is 3. The Hall–Kier alpha value is -2.09. The van der Waals surface area contributed by atoms with E-state index in [9.17, 15) is 8.42 Å². The van der Waals surface area contributed by atoms with E-state index in [0.29, 0.717) is 28.0 Å². The molecule has 0 N–H and O–H groups in total. The van der Waals surface area contributed by atoms with Crippen molar-refractivity contribution in [3.8, 4) is 5.82 Å². The van der Waals surface area contributed by atoms with Crippen molar-refractivity contribution in [3.05, 3.63) is 65.0 Å². The Labute approximate surface area is 168 Å². The van der Waals surface area contributed by atoms with Crippen molar-refractivity contribution < 1.29 is 8.42 Å². The van der Waals surface area contributed by atoms with Crippen molar-refractivity contribution in [3.63, 3.8) is 0 Å². The van der Waals surface area contributed by atoms with Crippen LogP contribution in [0.3, 0.4) is 0 Å². The molecule has 0 aliphatic carbocycles. The molecular weight excluding hydrogens is 407 g/mol. The summed E-state index contributed by atoms with van der Waals surface area (Å²) in [7, 11) is -3.81. The molecule has 9 heteroatoms. The molecule has 0 spiro atoms. The summed E-state index contributed by atoms with van der Waals surface area (Å²) in [6.07, 6.45) is 5.98. The van der Waals surface area contributed by atoms with E-state index in [1.54, 1.807) is 42.6 Å². The van der Waals surface area contributed by atoms with Crippen molar-refractivity contribution in [1.82, 2.24) is 14.8 Å². The van der Waals surface area contributed by atoms with Crippen LogP contribution in [0.4, 0.5) is 5.69 Å². The van der Waals surface area contributed by atoms with Crippen LogP contribution >= 0.6 is 23.2 Å². The summed E-state index contributed by atoms with van der Waals surface area (Å²) in [5, 5.41) is 4.90. The third kappa shape index (κ3) is 4.26. The van der Waals surface area contributed by atoms with Gasteiger partial charge in [-0.2, -0.15) is 5.10 Å². The van der Waals surface area contributed by atoms with Crippen LogP contribution in [0.1, 0.15) is 19.8 Å². The largest absolute Gasteiger partial charge is 0.264 e. The number of benzene rings is 1. The summed E-state index contributed by atoms with van der Waals surface area (Å²) in [4.78, 5) is 4.50. The number of hydrogen-bond acceptors (Lipinski definition) is 4. The third-order valence-electron chi connectivity index (χ3n) is 3.90. The van der Waals surface area contributed by atoms with Gasteiger partial charge in [0.25, 0.3) is 10.0 Å². The topological polar surface area (TPSA) is 68.1 Å². The number of hydrogen-bond donors (Lipinski definition) is 0. The quantitative estimate of drug-likeness (QED) is 0.556. The highest BCUT2D eigenvalue weighted by molar-refractivity contribution is 7.92. The maximum Gasteiger partial charge on any atom is 0.264 e. The lowest BCUT2D eigenvalue weighted by molar-refractivity contribution is 0.588. The van der Waals surface area contributed by atoms with Crippen LogP contribution < -0.4 is 4.31 Å². The lowest BCUT2D eigenvalue weighted by atomic mass is 10.3. The van der Waals surface area contributed by atoms with Crippen LogP contribution in [-0.4, -0.2) is 29.7 Å². The van der Waals surface area contributed by atoms with E-state index in [2.05, 4.69) is 10.1 Å². The Morgan fingerprint density at radius 2 is 1.85 bits per heavy atom. The fourth-order valence-corrected chi connectivity index (χ4v) is 4.40. The van der Waals surface area contributed by atoms with Gasteiger partial charge in [-0.25, -0.2) is 18.1 Å². The minimum atomic E-state index is -3.81. The van der Waals surface area contributed by atoms with E-state index >= 15 is 0 Å². The monoisotopic (exact) mass is 424 g/mol. The standard InChI is InChI=1S/C18H18Cl2N4O2S/c1-2-3-9-24(27(25,26)16-7-5-4-6-8-16)17-10-14(19)11-21-18(17)23-13-15(20)12-22-23/h4-8,10-13H,2-3,9H2,1H3. The molecular formula is C18H18Cl2N4O2S. The molecule has 0 unspecified atom stereocenters. The van der Waals surface area contributed by atoms with Gasteiger partial charge in [-0.05, 0) is 24.6 Å². The van der Waals surface area contributed by atoms with Gasteiger partial charge in [-0.3, -0.25) is 4.31 Å². The number of nitrogens with zero attached hydrogens (tertiary/aromatic N) is 4. The van der Waals surface area contributed by atoms with E-state index in [1.807, 2.05) is 6.92 Å². The fraction of sp³-hybridized carbons (Fsp3) is 0.222. The van der Waals surface area contributed by atoms with Crippen LogP contribution in [-0.2, 0) is 10.0 Å². The molecule has 3 rings (SSSR count). The predicted molar refractivity (Wildman–Crippen MR) is 107 cm³/mol. The van der Waals surface area contributed by atoms with Crippen molar-refractivity contribution in [2.75, 3.05) is 10.8 Å². The number of pyridine rings is 1. The average Bonchev–Trinajstić information content (AvgIpc) is 3.09. The first-order valence-corrected chi connectivity index (χ1v) is 10.6. The molecule has 0 bridgehead atoms. The smallest absolute Gasteiger partial charge is 0.262 e. The molecule has 2 aromatic heterocycles. The van der Waals surface area contributed by atoms with Crippen LogP contribution in [0.15, 0.2) is 59.9 Å². The first kappa shape index (κ1) is 19.7. The predicted octanol–water partition coefficient (Wildman–Crippen LogP) is 4.57. The summed E-state index contributed by atoms with van der Waals surface area (Å²) >= 11 is 12.1. The molecule has 0 amide bonds. The number of anilines is 1. The third-order valence-corrected chi connectivity index (χ3v) is 6.13. The highest BCUT2D eigenvalue weighted by atomic mass is 35.5. The summed E-state index contributed by atoms with van der Waals surface area (Å²) in [5.74, 6) is 0.335. The van der Waals surface area contributed by atoms with E-state index in [-0.39, 0.29) is 11.4 Å². The number of sulfonamides is 1. The molecule has 0 aliphatic heterocycles. The van der Waals surface area contributed by atoms with Gasteiger partial charge in [0.2, 0.25) is 0 Å². The second-order valence-electron chi connectivity index (χ2n) is 5.84. The summed E-state index contributed by atoms with van der Waals surface area (Å²) in [5.41, 5.74) is 0.347. The Kier molecular flexibility index (Phi) is 6.04. The molecule has 0 saturated carbocycles. The highest BCUT2D eigenvalue weighted by Crippen LogP contribution is 2.31. The first-order valence-electron chi connectivity index (χ1n) is 8.37. The van der Waals surface area contributed by atoms with Gasteiger partial charge in [-0.15, -0.1) is 0 Å². The van der Waals surface area contributed by atoms with Crippen molar-refractivity contribution in [2.45, 2.75) is 24.7 Å². The Morgan fingerprint density at radius 1 is 1.11 bits per heavy atom. The Balaban J connectivity index is 2.18. The van der Waals surface area contributed by atoms with E-state index in [1.165, 1.54) is 21.4 Å². The zero-order chi connectivity index (χ0) is 19.4. The van der Waals surface area contributed by atoms with E-state index in [4.69, 9.17) is 23.2 Å². The fourth-order valence-electron chi connectivity index (χ4n) is 2.59. The Morgan fingerprint density at radius 3 is 2.48 bits per heavy atom. The normalized spacial score (nSPS) is 11.5. The molecule has 0 radical (unpaired) electrons. The molecule has 0 atom stereocenters. The molecule has 0 aliphatic rings. The van der Waals surface area contributed by atoms with Gasteiger partial charge in [0, 0.05) is 12.7 Å². The second-order valence-corrected chi connectivity index (χ2v) is 8.58. The van der Waals surface area contributed by atoms with Crippen LogP contribution in [0.2, 0.25) is 10.0 Å². The van der Waals surface area contributed by atoms with Crippen molar-refractivity contribution in [2.24, 2.45) is 0 Å². The molecule has 6 nitrogen and oxygen atoms in total. The SMILES string of the molecule is CCCCN(c1cc(Cl)cnc1-n1cc(Cl)cn1)S(=O)(=O)c1ccccc1. The summed E-state index contributed by atoms with van der Waals surface area (Å²) in [6.45, 7) is 2.29. The number of rotatable bonds is 7. The first-order chi connectivity index (χ1) is 12.9. The number of halogens is 2. The summed E-state index contributed by atoms with van der Waals surface area (Å²) in [6, 6.07) is 9.86. The molecule has 0 fully saturated rings. The van der Waals surface area contributed by atoms with E-state index in [0.717, 1.165) is 6.42 Å². The van der Waals surface area contributed by atoms with Crippen molar-refractivity contribution in [1.29, 1.82) is 0 Å². The minimum Gasteiger partial charge on any atom is -0.262 e. The van der Waals surface area contributed by atoms with Gasteiger partial charge in [0.15, 0.2) is 5.82 Å². The molecule has 27 heavy (non-hydrogen) atoms. The average molecular weight is 425 g/mol. The zero-order valence-corrected chi connectivity index (χ0v) is 16.9. The molecule has 2 heterocycles.